The van der Waals surface area contributed by atoms with Gasteiger partial charge < -0.3 is 5.73 Å². The molecule has 2 rings (SSSR count). The summed E-state index contributed by atoms with van der Waals surface area (Å²) in [5.41, 5.74) is 6.45. The Morgan fingerprint density at radius 2 is 1.83 bits per heavy atom. The molecular formula is C15H31N3. The van der Waals surface area contributed by atoms with Crippen molar-refractivity contribution in [2.24, 2.45) is 17.6 Å². The summed E-state index contributed by atoms with van der Waals surface area (Å²) in [5.74, 6) is 1.56. The van der Waals surface area contributed by atoms with E-state index in [1.54, 1.807) is 0 Å². The lowest BCUT2D eigenvalue weighted by Gasteiger charge is -2.49. The highest BCUT2D eigenvalue weighted by molar-refractivity contribution is 4.95. The lowest BCUT2D eigenvalue weighted by atomic mass is 9.76. The molecule has 1 heterocycles. The van der Waals surface area contributed by atoms with E-state index >= 15 is 0 Å². The van der Waals surface area contributed by atoms with Gasteiger partial charge in [0.2, 0.25) is 0 Å². The summed E-state index contributed by atoms with van der Waals surface area (Å²) >= 11 is 0. The van der Waals surface area contributed by atoms with E-state index in [4.69, 9.17) is 5.73 Å². The van der Waals surface area contributed by atoms with Crippen LogP contribution in [0.2, 0.25) is 0 Å². The van der Waals surface area contributed by atoms with E-state index in [2.05, 4.69) is 37.5 Å². The Labute approximate surface area is 113 Å². The van der Waals surface area contributed by atoms with Crippen molar-refractivity contribution in [1.82, 2.24) is 9.80 Å². The number of nitrogens with zero attached hydrogens (tertiary/aromatic N) is 2. The second-order valence-corrected chi connectivity index (χ2v) is 6.68. The SMILES string of the molecule is CCN1CCN(C2C(C)CC(C)CC2N)CC1C. The zero-order chi connectivity index (χ0) is 13.3. The summed E-state index contributed by atoms with van der Waals surface area (Å²) in [5, 5.41) is 0. The topological polar surface area (TPSA) is 32.5 Å². The Morgan fingerprint density at radius 3 is 2.39 bits per heavy atom. The highest BCUT2D eigenvalue weighted by Gasteiger charge is 2.37. The molecule has 1 saturated carbocycles. The molecule has 18 heavy (non-hydrogen) atoms. The average Bonchev–Trinajstić information content (AvgIpc) is 2.27. The molecule has 0 spiro atoms. The normalized spacial score (nSPS) is 44.2. The lowest BCUT2D eigenvalue weighted by molar-refractivity contribution is 0.0109. The molecule has 0 aromatic heterocycles. The third-order valence-corrected chi connectivity index (χ3v) is 5.09. The first kappa shape index (κ1) is 14.3. The van der Waals surface area contributed by atoms with Crippen molar-refractivity contribution in [1.29, 1.82) is 0 Å². The summed E-state index contributed by atoms with van der Waals surface area (Å²) in [4.78, 5) is 5.26. The van der Waals surface area contributed by atoms with Crippen LogP contribution in [-0.4, -0.2) is 54.1 Å². The molecule has 1 saturated heterocycles. The minimum atomic E-state index is 0.379. The second-order valence-electron chi connectivity index (χ2n) is 6.68. The molecule has 0 amide bonds. The molecule has 5 unspecified atom stereocenters. The second kappa shape index (κ2) is 5.89. The van der Waals surface area contributed by atoms with E-state index in [0.717, 1.165) is 11.8 Å². The zero-order valence-corrected chi connectivity index (χ0v) is 12.6. The van der Waals surface area contributed by atoms with E-state index in [1.165, 1.54) is 39.0 Å². The van der Waals surface area contributed by atoms with Crippen LogP contribution in [0.25, 0.3) is 0 Å². The Morgan fingerprint density at radius 1 is 1.11 bits per heavy atom. The minimum absolute atomic E-state index is 0.379. The van der Waals surface area contributed by atoms with E-state index in [9.17, 15) is 0 Å². The van der Waals surface area contributed by atoms with Crippen LogP contribution in [0, 0.1) is 11.8 Å². The predicted molar refractivity (Wildman–Crippen MR) is 77.6 cm³/mol. The van der Waals surface area contributed by atoms with Crippen LogP contribution in [0.4, 0.5) is 0 Å². The van der Waals surface area contributed by atoms with E-state index in [1.807, 2.05) is 0 Å². The summed E-state index contributed by atoms with van der Waals surface area (Å²) in [6.07, 6.45) is 2.55. The highest BCUT2D eigenvalue weighted by atomic mass is 15.3. The summed E-state index contributed by atoms with van der Waals surface area (Å²) < 4.78 is 0. The Bertz CT molecular complexity index is 256. The van der Waals surface area contributed by atoms with Gasteiger partial charge in [0.15, 0.2) is 0 Å². The van der Waals surface area contributed by atoms with Gasteiger partial charge in [-0.2, -0.15) is 0 Å². The van der Waals surface area contributed by atoms with Gasteiger partial charge in [-0.25, -0.2) is 0 Å². The van der Waals surface area contributed by atoms with Crippen molar-refractivity contribution in [3.8, 4) is 0 Å². The molecule has 0 aromatic rings. The van der Waals surface area contributed by atoms with Crippen molar-refractivity contribution >= 4 is 0 Å². The molecule has 0 bridgehead atoms. The number of rotatable bonds is 2. The molecule has 1 aliphatic heterocycles. The highest BCUT2D eigenvalue weighted by Crippen LogP contribution is 2.32. The van der Waals surface area contributed by atoms with Crippen LogP contribution < -0.4 is 5.73 Å². The third-order valence-electron chi connectivity index (χ3n) is 5.09. The van der Waals surface area contributed by atoms with Gasteiger partial charge in [-0.1, -0.05) is 20.8 Å². The number of hydrogen-bond acceptors (Lipinski definition) is 3. The maximum absolute atomic E-state index is 6.45. The van der Waals surface area contributed by atoms with Crippen molar-refractivity contribution in [3.63, 3.8) is 0 Å². The quantitative estimate of drug-likeness (QED) is 0.814. The van der Waals surface area contributed by atoms with Gasteiger partial charge >= 0.3 is 0 Å². The maximum Gasteiger partial charge on any atom is 0.0274 e. The van der Waals surface area contributed by atoms with Crippen LogP contribution in [0.3, 0.4) is 0 Å². The van der Waals surface area contributed by atoms with E-state index in [-0.39, 0.29) is 0 Å². The van der Waals surface area contributed by atoms with Crippen molar-refractivity contribution in [3.05, 3.63) is 0 Å². The van der Waals surface area contributed by atoms with Crippen molar-refractivity contribution in [2.75, 3.05) is 26.2 Å². The monoisotopic (exact) mass is 253 g/mol. The first-order chi connectivity index (χ1) is 8.52. The molecular weight excluding hydrogens is 222 g/mol. The van der Waals surface area contributed by atoms with Gasteiger partial charge in [-0.15, -0.1) is 0 Å². The van der Waals surface area contributed by atoms with Gasteiger partial charge in [0, 0.05) is 37.8 Å². The van der Waals surface area contributed by atoms with Crippen LogP contribution in [0.5, 0.6) is 0 Å². The van der Waals surface area contributed by atoms with Crippen LogP contribution in [0.15, 0.2) is 0 Å². The predicted octanol–water partition coefficient (Wildman–Crippen LogP) is 1.77. The van der Waals surface area contributed by atoms with E-state index < -0.39 is 0 Å². The average molecular weight is 253 g/mol. The lowest BCUT2D eigenvalue weighted by Crippen LogP contribution is -2.61. The Kier molecular flexibility index (Phi) is 4.68. The summed E-state index contributed by atoms with van der Waals surface area (Å²) in [6.45, 7) is 14.2. The maximum atomic E-state index is 6.45. The standard InChI is InChI=1S/C15H31N3/c1-5-17-6-7-18(10-13(17)4)15-12(3)8-11(2)9-14(15)16/h11-15H,5-10,16H2,1-4H3. The fourth-order valence-corrected chi connectivity index (χ4v) is 4.29. The summed E-state index contributed by atoms with van der Waals surface area (Å²) in [6, 6.07) is 1.68. The van der Waals surface area contributed by atoms with E-state index in [0.29, 0.717) is 18.1 Å². The molecule has 2 aliphatic rings. The zero-order valence-electron chi connectivity index (χ0n) is 12.6. The molecule has 3 heteroatoms. The molecule has 0 aromatic carbocycles. The first-order valence-electron chi connectivity index (χ1n) is 7.76. The summed E-state index contributed by atoms with van der Waals surface area (Å²) in [7, 11) is 0. The molecule has 5 atom stereocenters. The molecule has 2 N–H and O–H groups in total. The van der Waals surface area contributed by atoms with Gasteiger partial charge in [-0.05, 0) is 38.1 Å². The fourth-order valence-electron chi connectivity index (χ4n) is 4.29. The van der Waals surface area contributed by atoms with Crippen LogP contribution in [-0.2, 0) is 0 Å². The largest absolute Gasteiger partial charge is 0.326 e. The Balaban J connectivity index is 1.99. The smallest absolute Gasteiger partial charge is 0.0274 e. The van der Waals surface area contributed by atoms with Crippen LogP contribution >= 0.6 is 0 Å². The molecule has 3 nitrogen and oxygen atoms in total. The number of hydrogen-bond donors (Lipinski definition) is 1. The van der Waals surface area contributed by atoms with Crippen molar-refractivity contribution in [2.45, 2.75) is 58.7 Å². The van der Waals surface area contributed by atoms with Crippen molar-refractivity contribution < 1.29 is 0 Å². The number of piperazine rings is 1. The van der Waals surface area contributed by atoms with Gasteiger partial charge in [0.25, 0.3) is 0 Å². The molecule has 1 aliphatic carbocycles. The van der Waals surface area contributed by atoms with Crippen LogP contribution in [0.1, 0.15) is 40.5 Å². The number of nitrogens with two attached hydrogens (primary N) is 1. The number of likely N-dealkylation sites (N-methyl/N-ethyl adjacent to an activating group) is 1. The van der Waals surface area contributed by atoms with Gasteiger partial charge in [0.05, 0.1) is 0 Å². The molecule has 2 fully saturated rings. The molecule has 106 valence electrons. The fraction of sp³-hybridized carbons (Fsp3) is 1.00. The Hall–Kier alpha value is -0.120. The third kappa shape index (κ3) is 2.89. The van der Waals surface area contributed by atoms with Gasteiger partial charge in [-0.3, -0.25) is 9.80 Å². The van der Waals surface area contributed by atoms with Gasteiger partial charge in [0.1, 0.15) is 0 Å². The molecule has 0 radical (unpaired) electrons. The first-order valence-corrected chi connectivity index (χ1v) is 7.76. The minimum Gasteiger partial charge on any atom is -0.326 e.